The summed E-state index contributed by atoms with van der Waals surface area (Å²) in [5, 5.41) is 16.5. The summed E-state index contributed by atoms with van der Waals surface area (Å²) >= 11 is 5.42. The first kappa shape index (κ1) is 29.4. The van der Waals surface area contributed by atoms with Crippen LogP contribution in [0.2, 0.25) is 0 Å². The molecule has 1 aromatic carbocycles. The highest BCUT2D eigenvalue weighted by Crippen LogP contribution is 2.68. The standard InChI is InChI=1S/C29H42BrN3O4S/c1-16(2)19(14-34)33-23(25(36)32-28(6,7)15-27(3,4)5)29-13-18(30)22(38-29)20(21(29)26(33)37)24(35)31-17-11-9-8-10-12-17/h8-12,16,18-23,34H,13-15H2,1-7H3,(H,31,35)(H,32,36)/t18?,19-,20-,21-,22-,23?,29?/m0/s1. The van der Waals surface area contributed by atoms with Crippen LogP contribution in [0, 0.1) is 23.2 Å². The molecule has 3 aliphatic heterocycles. The second-order valence-corrected chi connectivity index (χ2v) is 16.1. The Morgan fingerprint density at radius 3 is 2.34 bits per heavy atom. The molecule has 4 rings (SSSR count). The maximum Gasteiger partial charge on any atom is 0.244 e. The van der Waals surface area contributed by atoms with Gasteiger partial charge < -0.3 is 20.6 Å². The molecule has 3 heterocycles. The molecule has 7 atom stereocenters. The van der Waals surface area contributed by atoms with Gasteiger partial charge in [0.15, 0.2) is 0 Å². The summed E-state index contributed by atoms with van der Waals surface area (Å²) in [7, 11) is 0. The first-order chi connectivity index (χ1) is 17.6. The number of anilines is 1. The van der Waals surface area contributed by atoms with E-state index in [9.17, 15) is 19.5 Å². The van der Waals surface area contributed by atoms with Crippen LogP contribution in [0.15, 0.2) is 30.3 Å². The largest absolute Gasteiger partial charge is 0.394 e. The van der Waals surface area contributed by atoms with Crippen molar-refractivity contribution in [2.24, 2.45) is 23.2 Å². The van der Waals surface area contributed by atoms with Gasteiger partial charge in [-0.25, -0.2) is 0 Å². The summed E-state index contributed by atoms with van der Waals surface area (Å²) in [5.41, 5.74) is 0.183. The highest BCUT2D eigenvalue weighted by Gasteiger charge is 2.76. The van der Waals surface area contributed by atoms with Gasteiger partial charge in [-0.3, -0.25) is 14.4 Å². The number of hydrogen-bond acceptors (Lipinski definition) is 5. The van der Waals surface area contributed by atoms with E-state index in [2.05, 4.69) is 47.3 Å². The molecule has 0 aromatic heterocycles. The number of likely N-dealkylation sites (tertiary alicyclic amines) is 1. The number of fused-ring (bicyclic) bond motifs is 1. The van der Waals surface area contributed by atoms with Crippen LogP contribution in [0.5, 0.6) is 0 Å². The van der Waals surface area contributed by atoms with Crippen LogP contribution in [0.25, 0.3) is 0 Å². The molecule has 3 amide bonds. The Balaban J connectivity index is 1.74. The molecule has 38 heavy (non-hydrogen) atoms. The number of amides is 3. The van der Waals surface area contributed by atoms with Gasteiger partial charge in [0, 0.05) is 21.3 Å². The molecular formula is C29H42BrN3O4S. The number of nitrogens with one attached hydrogen (secondary N) is 2. The van der Waals surface area contributed by atoms with Crippen molar-refractivity contribution in [1.29, 1.82) is 0 Å². The van der Waals surface area contributed by atoms with Gasteiger partial charge in [-0.1, -0.05) is 68.7 Å². The molecule has 9 heteroatoms. The zero-order chi connectivity index (χ0) is 28.2. The number of para-hydroxylation sites is 1. The van der Waals surface area contributed by atoms with E-state index < -0.39 is 34.2 Å². The van der Waals surface area contributed by atoms with Crippen LogP contribution in [0.1, 0.15) is 61.3 Å². The van der Waals surface area contributed by atoms with E-state index in [4.69, 9.17) is 0 Å². The Kier molecular flexibility index (Phi) is 8.07. The first-order valence-electron chi connectivity index (χ1n) is 13.5. The van der Waals surface area contributed by atoms with E-state index in [-0.39, 0.29) is 45.7 Å². The van der Waals surface area contributed by atoms with Gasteiger partial charge in [-0.05, 0) is 50.2 Å². The number of aliphatic hydroxyl groups excluding tert-OH is 1. The van der Waals surface area contributed by atoms with Crippen molar-refractivity contribution in [3.05, 3.63) is 30.3 Å². The average molecular weight is 609 g/mol. The summed E-state index contributed by atoms with van der Waals surface area (Å²) in [6, 6.07) is 7.97. The van der Waals surface area contributed by atoms with Gasteiger partial charge >= 0.3 is 0 Å². The maximum atomic E-state index is 14.3. The zero-order valence-corrected chi connectivity index (χ0v) is 25.9. The van der Waals surface area contributed by atoms with E-state index in [1.165, 1.54) is 0 Å². The van der Waals surface area contributed by atoms with Gasteiger partial charge in [-0.15, -0.1) is 11.8 Å². The van der Waals surface area contributed by atoms with Crippen LogP contribution < -0.4 is 10.6 Å². The van der Waals surface area contributed by atoms with Crippen molar-refractivity contribution in [3.63, 3.8) is 0 Å². The fourth-order valence-electron chi connectivity index (χ4n) is 7.16. The lowest BCUT2D eigenvalue weighted by Gasteiger charge is -2.41. The predicted octanol–water partition coefficient (Wildman–Crippen LogP) is 4.44. The van der Waals surface area contributed by atoms with E-state index in [0.29, 0.717) is 12.1 Å². The minimum absolute atomic E-state index is 0.00348. The number of halogens is 1. The topological polar surface area (TPSA) is 98.7 Å². The summed E-state index contributed by atoms with van der Waals surface area (Å²) in [4.78, 5) is 43.9. The first-order valence-corrected chi connectivity index (χ1v) is 15.3. The Bertz CT molecular complexity index is 1080. The van der Waals surface area contributed by atoms with Gasteiger partial charge in [0.2, 0.25) is 17.7 Å². The third kappa shape index (κ3) is 5.27. The lowest BCUT2D eigenvalue weighted by Crippen LogP contribution is -2.61. The number of aliphatic hydroxyl groups is 1. The highest BCUT2D eigenvalue weighted by atomic mass is 79.9. The third-order valence-electron chi connectivity index (χ3n) is 8.07. The summed E-state index contributed by atoms with van der Waals surface area (Å²) in [5.74, 6) is -1.88. The molecule has 3 unspecified atom stereocenters. The Labute approximate surface area is 239 Å². The molecule has 1 aromatic rings. The van der Waals surface area contributed by atoms with Crippen molar-refractivity contribution >= 4 is 51.1 Å². The molecular weight excluding hydrogens is 566 g/mol. The van der Waals surface area contributed by atoms with Crippen molar-refractivity contribution in [2.45, 2.75) is 93.8 Å². The maximum absolute atomic E-state index is 14.3. The minimum atomic E-state index is -0.775. The summed E-state index contributed by atoms with van der Waals surface area (Å²) in [6.07, 6.45) is 1.37. The number of alkyl halides is 1. The normalized spacial score (nSPS) is 31.5. The number of hydrogen-bond donors (Lipinski definition) is 3. The summed E-state index contributed by atoms with van der Waals surface area (Å²) in [6.45, 7) is 14.1. The molecule has 3 aliphatic rings. The smallest absolute Gasteiger partial charge is 0.244 e. The van der Waals surface area contributed by atoms with Crippen molar-refractivity contribution in [1.82, 2.24) is 10.2 Å². The Morgan fingerprint density at radius 1 is 1.16 bits per heavy atom. The lowest BCUT2D eigenvalue weighted by molar-refractivity contribution is -0.143. The quantitative estimate of drug-likeness (QED) is 0.380. The Hall–Kier alpha value is -1.58. The fraction of sp³-hybridized carbons (Fsp3) is 0.690. The second-order valence-electron chi connectivity index (χ2n) is 13.4. The number of carbonyl (C=O) groups is 3. The second kappa shape index (κ2) is 10.4. The lowest BCUT2D eigenvalue weighted by atomic mass is 9.70. The van der Waals surface area contributed by atoms with Crippen molar-refractivity contribution in [2.75, 3.05) is 11.9 Å². The molecule has 0 saturated carbocycles. The van der Waals surface area contributed by atoms with Gasteiger partial charge in [0.25, 0.3) is 0 Å². The number of rotatable bonds is 8. The van der Waals surface area contributed by atoms with E-state index in [1.54, 1.807) is 16.7 Å². The number of carbonyl (C=O) groups excluding carboxylic acids is 3. The van der Waals surface area contributed by atoms with Crippen LogP contribution in [-0.2, 0) is 14.4 Å². The van der Waals surface area contributed by atoms with E-state index >= 15 is 0 Å². The molecule has 1 spiro atoms. The zero-order valence-electron chi connectivity index (χ0n) is 23.5. The van der Waals surface area contributed by atoms with Crippen LogP contribution in [-0.4, -0.2) is 66.8 Å². The van der Waals surface area contributed by atoms with Gasteiger partial charge in [0.05, 0.1) is 29.2 Å². The van der Waals surface area contributed by atoms with E-state index in [1.807, 2.05) is 58.0 Å². The van der Waals surface area contributed by atoms with Crippen LogP contribution >= 0.6 is 27.7 Å². The molecule has 3 saturated heterocycles. The predicted molar refractivity (Wildman–Crippen MR) is 156 cm³/mol. The highest BCUT2D eigenvalue weighted by molar-refractivity contribution is 9.09. The summed E-state index contributed by atoms with van der Waals surface area (Å²) < 4.78 is -0.751. The molecule has 2 bridgehead atoms. The van der Waals surface area contributed by atoms with Gasteiger partial charge in [-0.2, -0.15) is 0 Å². The van der Waals surface area contributed by atoms with Gasteiger partial charge in [0.1, 0.15) is 6.04 Å². The third-order valence-corrected chi connectivity index (χ3v) is 11.3. The number of benzene rings is 1. The number of thioether (sulfide) groups is 1. The fourth-order valence-corrected chi connectivity index (χ4v) is 10.8. The van der Waals surface area contributed by atoms with Crippen molar-refractivity contribution < 1.29 is 19.5 Å². The average Bonchev–Trinajstić information content (AvgIpc) is 3.36. The van der Waals surface area contributed by atoms with Crippen molar-refractivity contribution in [3.8, 4) is 0 Å². The molecule has 3 fully saturated rings. The molecule has 210 valence electrons. The van der Waals surface area contributed by atoms with Crippen LogP contribution in [0.3, 0.4) is 0 Å². The molecule has 3 N–H and O–H groups in total. The number of nitrogens with zero attached hydrogens (tertiary/aromatic N) is 1. The molecule has 7 nitrogen and oxygen atoms in total. The molecule has 0 radical (unpaired) electrons. The van der Waals surface area contributed by atoms with Crippen LogP contribution in [0.4, 0.5) is 5.69 Å². The Morgan fingerprint density at radius 2 is 1.79 bits per heavy atom. The monoisotopic (exact) mass is 607 g/mol. The van der Waals surface area contributed by atoms with E-state index in [0.717, 1.165) is 6.42 Å². The SMILES string of the molecule is CC(C)[C@H](CO)N1C(=O)[C@@H]2[C@H](C(=O)Nc3ccccc3)[C@H]3SC2(CC3Br)C1C(=O)NC(C)(C)CC(C)(C)C. The molecule has 0 aliphatic carbocycles. The minimum Gasteiger partial charge on any atom is -0.394 e.